The van der Waals surface area contributed by atoms with E-state index < -0.39 is 5.82 Å². The van der Waals surface area contributed by atoms with Gasteiger partial charge in [-0.15, -0.1) is 0 Å². The number of aromatic nitrogens is 2. The molecular weight excluding hydrogens is 357 g/mol. The molecule has 0 unspecified atom stereocenters. The second-order valence-electron chi connectivity index (χ2n) is 5.82. The number of hydrogen-bond donors (Lipinski definition) is 0. The van der Waals surface area contributed by atoms with Crippen molar-refractivity contribution in [2.45, 2.75) is 6.04 Å². The molecule has 0 fully saturated rings. The van der Waals surface area contributed by atoms with Gasteiger partial charge in [0.05, 0.1) is 24.3 Å². The third-order valence-corrected chi connectivity index (χ3v) is 4.44. The molecule has 0 amide bonds. The van der Waals surface area contributed by atoms with Gasteiger partial charge in [0.1, 0.15) is 23.2 Å². The van der Waals surface area contributed by atoms with Crippen molar-refractivity contribution in [3.05, 3.63) is 53.1 Å². The summed E-state index contributed by atoms with van der Waals surface area (Å²) in [6.07, 6.45) is 1.88. The Kier molecular flexibility index (Phi) is 5.52. The number of halogens is 2. The zero-order valence-corrected chi connectivity index (χ0v) is 15.1. The monoisotopic (exact) mass is 373 g/mol. The van der Waals surface area contributed by atoms with E-state index in [0.717, 1.165) is 10.9 Å². The molecule has 0 spiro atoms. The predicted molar refractivity (Wildman–Crippen MR) is 97.6 cm³/mol. The van der Waals surface area contributed by atoms with Gasteiger partial charge in [-0.3, -0.25) is 0 Å². The minimum Gasteiger partial charge on any atom is -0.382 e. The Hall–Kier alpha value is -2.46. The quantitative estimate of drug-likeness (QED) is 0.649. The van der Waals surface area contributed by atoms with Crippen LogP contribution in [0.2, 0.25) is 5.02 Å². The van der Waals surface area contributed by atoms with Crippen molar-refractivity contribution in [2.75, 3.05) is 27.4 Å². The minimum absolute atomic E-state index is 0.0685. The van der Waals surface area contributed by atoms with E-state index in [-0.39, 0.29) is 11.1 Å². The van der Waals surface area contributed by atoms with Crippen LogP contribution in [0.4, 0.5) is 4.39 Å². The van der Waals surface area contributed by atoms with Gasteiger partial charge in [0, 0.05) is 31.4 Å². The highest BCUT2D eigenvalue weighted by atomic mass is 35.5. The van der Waals surface area contributed by atoms with Gasteiger partial charge < -0.3 is 14.0 Å². The highest BCUT2D eigenvalue weighted by molar-refractivity contribution is 6.30. The molecule has 0 aliphatic heterocycles. The normalized spacial score (nSPS) is 11.2. The largest absolute Gasteiger partial charge is 0.382 e. The van der Waals surface area contributed by atoms with Gasteiger partial charge in [-0.05, 0) is 29.8 Å². The van der Waals surface area contributed by atoms with Crippen LogP contribution in [0, 0.1) is 17.1 Å². The molecule has 3 rings (SSSR count). The van der Waals surface area contributed by atoms with Crippen LogP contribution >= 0.6 is 11.6 Å². The second kappa shape index (κ2) is 7.83. The number of nitrogens with zero attached hydrogens (tertiary/aromatic N) is 3. The maximum Gasteiger partial charge on any atom is 0.142 e. The van der Waals surface area contributed by atoms with E-state index in [0.29, 0.717) is 30.1 Å². The number of nitriles is 1. The highest BCUT2D eigenvalue weighted by Gasteiger charge is 2.19. The molecule has 134 valence electrons. The summed E-state index contributed by atoms with van der Waals surface area (Å²) in [4.78, 5) is 4.44. The summed E-state index contributed by atoms with van der Waals surface area (Å²) in [5, 5.41) is 10.1. The number of rotatable bonds is 6. The standard InChI is InChI=1S/C19H17ClFN3O2/c1-25-10-14(11-26-2)24-9-16(12-3-6-17(20)18(21)7-12)15-5-4-13(8-22)23-19(15)24/h3-7,9,14H,10-11H2,1-2H3. The SMILES string of the molecule is COCC(COC)n1cc(-c2ccc(Cl)c(F)c2)c2ccc(C#N)nc21. The van der Waals surface area contributed by atoms with E-state index in [9.17, 15) is 9.65 Å². The summed E-state index contributed by atoms with van der Waals surface area (Å²) in [5.41, 5.74) is 2.40. The average Bonchev–Trinajstić information content (AvgIpc) is 3.02. The molecule has 26 heavy (non-hydrogen) atoms. The Morgan fingerprint density at radius 2 is 1.96 bits per heavy atom. The Morgan fingerprint density at radius 3 is 2.58 bits per heavy atom. The lowest BCUT2D eigenvalue weighted by molar-refractivity contribution is 0.0912. The lowest BCUT2D eigenvalue weighted by Crippen LogP contribution is -2.19. The van der Waals surface area contributed by atoms with Gasteiger partial charge in [0.25, 0.3) is 0 Å². The third kappa shape index (κ3) is 3.42. The Labute approximate surface area is 155 Å². The minimum atomic E-state index is -0.489. The fourth-order valence-electron chi connectivity index (χ4n) is 2.95. The van der Waals surface area contributed by atoms with Crippen LogP contribution < -0.4 is 0 Å². The molecule has 0 aliphatic carbocycles. The lowest BCUT2D eigenvalue weighted by Gasteiger charge is -2.17. The van der Waals surface area contributed by atoms with E-state index in [1.165, 1.54) is 12.1 Å². The lowest BCUT2D eigenvalue weighted by atomic mass is 10.1. The molecular formula is C19H17ClFN3O2. The van der Waals surface area contributed by atoms with Crippen molar-refractivity contribution in [3.8, 4) is 17.2 Å². The van der Waals surface area contributed by atoms with Gasteiger partial charge in [-0.25, -0.2) is 9.37 Å². The molecule has 5 nitrogen and oxygen atoms in total. The van der Waals surface area contributed by atoms with Crippen molar-refractivity contribution in [1.29, 1.82) is 5.26 Å². The topological polar surface area (TPSA) is 60.1 Å². The molecule has 1 aromatic carbocycles. The summed E-state index contributed by atoms with van der Waals surface area (Å²) in [5.74, 6) is -0.489. The second-order valence-corrected chi connectivity index (χ2v) is 6.23. The van der Waals surface area contributed by atoms with Gasteiger partial charge >= 0.3 is 0 Å². The third-order valence-electron chi connectivity index (χ3n) is 4.13. The maximum atomic E-state index is 14.0. The van der Waals surface area contributed by atoms with Crippen LogP contribution in [0.1, 0.15) is 11.7 Å². The fourth-order valence-corrected chi connectivity index (χ4v) is 3.07. The molecule has 2 aromatic heterocycles. The number of hydrogen-bond acceptors (Lipinski definition) is 4. The summed E-state index contributed by atoms with van der Waals surface area (Å²) in [6, 6.07) is 10.0. The Bertz CT molecular complexity index is 975. The summed E-state index contributed by atoms with van der Waals surface area (Å²) >= 11 is 5.80. The number of ether oxygens (including phenoxy) is 2. The van der Waals surface area contributed by atoms with Crippen LogP contribution in [0.3, 0.4) is 0 Å². The maximum absolute atomic E-state index is 14.0. The highest BCUT2D eigenvalue weighted by Crippen LogP contribution is 2.33. The average molecular weight is 374 g/mol. The fraction of sp³-hybridized carbons (Fsp3) is 0.263. The summed E-state index contributed by atoms with van der Waals surface area (Å²) in [7, 11) is 3.22. The first kappa shape index (κ1) is 18.3. The molecule has 0 aliphatic rings. The van der Waals surface area contributed by atoms with E-state index in [2.05, 4.69) is 11.1 Å². The van der Waals surface area contributed by atoms with Crippen LogP contribution in [0.5, 0.6) is 0 Å². The van der Waals surface area contributed by atoms with E-state index in [4.69, 9.17) is 21.1 Å². The van der Waals surface area contributed by atoms with E-state index in [1.54, 1.807) is 26.4 Å². The van der Waals surface area contributed by atoms with Crippen molar-refractivity contribution in [2.24, 2.45) is 0 Å². The molecule has 0 N–H and O–H groups in total. The molecule has 7 heteroatoms. The van der Waals surface area contributed by atoms with Crippen molar-refractivity contribution in [3.63, 3.8) is 0 Å². The zero-order valence-electron chi connectivity index (χ0n) is 14.4. The first-order chi connectivity index (χ1) is 12.6. The predicted octanol–water partition coefficient (Wildman–Crippen LogP) is 4.20. The number of fused-ring (bicyclic) bond motifs is 1. The molecule has 0 atom stereocenters. The smallest absolute Gasteiger partial charge is 0.142 e. The van der Waals surface area contributed by atoms with Crippen LogP contribution in [0.25, 0.3) is 22.2 Å². The van der Waals surface area contributed by atoms with Gasteiger partial charge in [0.15, 0.2) is 0 Å². The zero-order chi connectivity index (χ0) is 18.7. The van der Waals surface area contributed by atoms with Gasteiger partial charge in [0.2, 0.25) is 0 Å². The number of methoxy groups -OCH3 is 2. The Morgan fingerprint density at radius 1 is 1.23 bits per heavy atom. The molecule has 2 heterocycles. The van der Waals surface area contributed by atoms with Crippen molar-refractivity contribution < 1.29 is 13.9 Å². The first-order valence-electron chi connectivity index (χ1n) is 7.94. The molecule has 0 saturated heterocycles. The van der Waals surface area contributed by atoms with Gasteiger partial charge in [-0.2, -0.15) is 5.26 Å². The number of pyridine rings is 1. The van der Waals surface area contributed by atoms with Crippen LogP contribution in [0.15, 0.2) is 36.5 Å². The van der Waals surface area contributed by atoms with Crippen molar-refractivity contribution >= 4 is 22.6 Å². The van der Waals surface area contributed by atoms with E-state index >= 15 is 0 Å². The van der Waals surface area contributed by atoms with Crippen LogP contribution in [-0.2, 0) is 9.47 Å². The van der Waals surface area contributed by atoms with Crippen molar-refractivity contribution in [1.82, 2.24) is 9.55 Å². The first-order valence-corrected chi connectivity index (χ1v) is 8.31. The molecule has 0 radical (unpaired) electrons. The summed E-state index contributed by atoms with van der Waals surface area (Å²) < 4.78 is 26.5. The number of benzene rings is 1. The molecule has 0 saturated carbocycles. The Balaban J connectivity index is 2.24. The van der Waals surface area contributed by atoms with Gasteiger partial charge in [-0.1, -0.05) is 17.7 Å². The summed E-state index contributed by atoms with van der Waals surface area (Å²) in [6.45, 7) is 0.814. The molecule has 0 bridgehead atoms. The molecule has 3 aromatic rings. The van der Waals surface area contributed by atoms with E-state index in [1.807, 2.05) is 16.8 Å². The van der Waals surface area contributed by atoms with Crippen LogP contribution in [-0.4, -0.2) is 37.0 Å².